The molecular weight excluding hydrogens is 514 g/mol. The summed E-state index contributed by atoms with van der Waals surface area (Å²) in [5, 5.41) is 54.1. The lowest BCUT2D eigenvalue weighted by atomic mass is 10.0. The number of aliphatic hydroxyl groups is 2. The van der Waals surface area contributed by atoms with Crippen molar-refractivity contribution in [3.63, 3.8) is 0 Å². The fourth-order valence-corrected chi connectivity index (χ4v) is 5.61. The molecule has 0 aromatic heterocycles. The maximum Gasteiger partial charge on any atom is 0.279 e. The standard InChI is InChI=1S/C17H17N5O11S2/c23-3-1-18-34(30,31)9-5-11-15(13(7-9)21(26)27)16-12(17(11)20-25)6-10(8-14(16)22(28)29)35(32,33)19-2-4-24/h5-8,18-19,23-25H,1-4H2. The van der Waals surface area contributed by atoms with Crippen molar-refractivity contribution in [1.29, 1.82) is 0 Å². The second-order valence-electron chi connectivity index (χ2n) is 6.94. The van der Waals surface area contributed by atoms with E-state index < -0.39 is 94.2 Å². The molecule has 0 saturated heterocycles. The number of hydrogen-bond acceptors (Lipinski definition) is 12. The number of nitro groups is 2. The van der Waals surface area contributed by atoms with Crippen LogP contribution in [0, 0.1) is 20.2 Å². The van der Waals surface area contributed by atoms with Crippen LogP contribution in [0.25, 0.3) is 11.1 Å². The van der Waals surface area contributed by atoms with Gasteiger partial charge >= 0.3 is 0 Å². The Balaban J connectivity index is 2.40. The fourth-order valence-electron chi connectivity index (χ4n) is 3.48. The van der Waals surface area contributed by atoms with E-state index in [9.17, 15) is 42.3 Å². The van der Waals surface area contributed by atoms with Crippen molar-refractivity contribution >= 4 is 37.1 Å². The fraction of sp³-hybridized carbons (Fsp3) is 0.235. The summed E-state index contributed by atoms with van der Waals surface area (Å²) in [6.07, 6.45) is 0. The number of rotatable bonds is 10. The van der Waals surface area contributed by atoms with Crippen LogP contribution in [0.15, 0.2) is 39.2 Å². The number of sulfonamides is 2. The maximum atomic E-state index is 12.5. The van der Waals surface area contributed by atoms with Gasteiger partial charge in [0.25, 0.3) is 11.4 Å². The number of nitro benzene ring substituents is 2. The van der Waals surface area contributed by atoms with Crippen molar-refractivity contribution in [3.05, 3.63) is 55.6 Å². The second kappa shape index (κ2) is 9.60. The van der Waals surface area contributed by atoms with E-state index in [0.717, 1.165) is 12.1 Å². The summed E-state index contributed by atoms with van der Waals surface area (Å²) >= 11 is 0. The maximum absolute atomic E-state index is 12.5. The Hall–Kier alpha value is -3.55. The number of nitrogens with one attached hydrogen (secondary N) is 2. The first-order chi connectivity index (χ1) is 16.4. The Morgan fingerprint density at radius 3 is 1.43 bits per heavy atom. The van der Waals surface area contributed by atoms with Gasteiger partial charge in [-0.3, -0.25) is 20.2 Å². The monoisotopic (exact) mass is 531 g/mol. The molecule has 0 atom stereocenters. The smallest absolute Gasteiger partial charge is 0.279 e. The quantitative estimate of drug-likeness (QED) is 0.124. The topological polar surface area (TPSA) is 252 Å². The summed E-state index contributed by atoms with van der Waals surface area (Å²) in [4.78, 5) is 20.4. The third kappa shape index (κ3) is 4.70. The Bertz CT molecular complexity index is 1360. The summed E-state index contributed by atoms with van der Waals surface area (Å²) in [6.45, 7) is -1.98. The van der Waals surface area contributed by atoms with Crippen LogP contribution in [-0.4, -0.2) is 74.1 Å². The van der Waals surface area contributed by atoms with E-state index in [0.29, 0.717) is 12.1 Å². The van der Waals surface area contributed by atoms with Crippen LogP contribution in [0.5, 0.6) is 0 Å². The van der Waals surface area contributed by atoms with Gasteiger partial charge in [0, 0.05) is 36.3 Å². The lowest BCUT2D eigenvalue weighted by Gasteiger charge is -2.09. The van der Waals surface area contributed by atoms with Crippen molar-refractivity contribution in [3.8, 4) is 11.1 Å². The van der Waals surface area contributed by atoms with E-state index in [4.69, 9.17) is 10.2 Å². The number of aliphatic hydroxyl groups excluding tert-OH is 2. The molecule has 3 rings (SSSR count). The minimum absolute atomic E-state index is 0.373. The van der Waals surface area contributed by atoms with Gasteiger partial charge in [-0.2, -0.15) is 0 Å². The molecule has 0 unspecified atom stereocenters. The van der Waals surface area contributed by atoms with Gasteiger partial charge in [0.15, 0.2) is 0 Å². The van der Waals surface area contributed by atoms with Gasteiger partial charge in [0.2, 0.25) is 20.0 Å². The van der Waals surface area contributed by atoms with E-state index in [-0.39, 0.29) is 11.1 Å². The molecule has 0 amide bonds. The summed E-state index contributed by atoms with van der Waals surface area (Å²) in [5.41, 5.74) is -3.95. The molecule has 0 fully saturated rings. The van der Waals surface area contributed by atoms with Gasteiger partial charge in [-0.15, -0.1) is 0 Å². The average Bonchev–Trinajstić information content (AvgIpc) is 3.13. The number of fused-ring (bicyclic) bond motifs is 3. The van der Waals surface area contributed by atoms with Crippen molar-refractivity contribution < 1.29 is 42.1 Å². The zero-order valence-electron chi connectivity index (χ0n) is 17.4. The van der Waals surface area contributed by atoms with Crippen molar-refractivity contribution in [2.75, 3.05) is 26.3 Å². The van der Waals surface area contributed by atoms with Crippen LogP contribution in [0.3, 0.4) is 0 Å². The highest BCUT2D eigenvalue weighted by molar-refractivity contribution is 7.89. The van der Waals surface area contributed by atoms with E-state index >= 15 is 0 Å². The molecular formula is C17H17N5O11S2. The predicted octanol–water partition coefficient (Wildman–Crippen LogP) is -0.749. The molecule has 35 heavy (non-hydrogen) atoms. The average molecular weight is 531 g/mol. The molecule has 1 aliphatic rings. The first kappa shape index (κ1) is 26.1. The van der Waals surface area contributed by atoms with Crippen molar-refractivity contribution in [2.24, 2.45) is 5.16 Å². The number of oxime groups is 1. The first-order valence-electron chi connectivity index (χ1n) is 9.48. The van der Waals surface area contributed by atoms with Gasteiger partial charge in [0.05, 0.1) is 44.0 Å². The molecule has 1 aliphatic carbocycles. The number of hydrogen-bond donors (Lipinski definition) is 5. The summed E-state index contributed by atoms with van der Waals surface area (Å²) in [5.74, 6) is 0. The zero-order valence-corrected chi connectivity index (χ0v) is 19.0. The van der Waals surface area contributed by atoms with E-state index in [2.05, 4.69) is 5.16 Å². The second-order valence-corrected chi connectivity index (χ2v) is 10.5. The molecule has 2 aromatic carbocycles. The molecule has 0 aliphatic heterocycles. The normalized spacial score (nSPS) is 12.8. The molecule has 16 nitrogen and oxygen atoms in total. The summed E-state index contributed by atoms with van der Waals surface area (Å²) in [7, 11) is -8.80. The number of nitrogens with zero attached hydrogens (tertiary/aromatic N) is 3. The molecule has 2 aromatic rings. The molecule has 0 radical (unpaired) electrons. The van der Waals surface area contributed by atoms with Gasteiger partial charge in [0.1, 0.15) is 5.71 Å². The van der Waals surface area contributed by atoms with Crippen LogP contribution < -0.4 is 9.44 Å². The number of benzene rings is 2. The van der Waals surface area contributed by atoms with E-state index in [1.165, 1.54) is 0 Å². The van der Waals surface area contributed by atoms with Crippen LogP contribution in [0.2, 0.25) is 0 Å². The van der Waals surface area contributed by atoms with Crippen molar-refractivity contribution in [1.82, 2.24) is 9.44 Å². The van der Waals surface area contributed by atoms with Crippen LogP contribution in [0.4, 0.5) is 11.4 Å². The molecule has 0 saturated carbocycles. The Labute approximate surface area is 196 Å². The van der Waals surface area contributed by atoms with Crippen LogP contribution >= 0.6 is 0 Å². The molecule has 188 valence electrons. The van der Waals surface area contributed by atoms with Gasteiger partial charge in [-0.25, -0.2) is 26.3 Å². The van der Waals surface area contributed by atoms with Gasteiger partial charge in [-0.05, 0) is 12.1 Å². The Kier molecular flexibility index (Phi) is 7.15. The third-order valence-electron chi connectivity index (χ3n) is 4.86. The van der Waals surface area contributed by atoms with Gasteiger partial charge < -0.3 is 15.4 Å². The van der Waals surface area contributed by atoms with Crippen LogP contribution in [0.1, 0.15) is 11.1 Å². The van der Waals surface area contributed by atoms with Gasteiger partial charge in [-0.1, -0.05) is 5.16 Å². The lowest BCUT2D eigenvalue weighted by Crippen LogP contribution is -2.27. The molecule has 18 heteroatoms. The molecule has 0 spiro atoms. The van der Waals surface area contributed by atoms with Crippen LogP contribution in [-0.2, 0) is 20.0 Å². The Morgan fingerprint density at radius 1 is 0.771 bits per heavy atom. The zero-order chi connectivity index (χ0) is 26.1. The highest BCUT2D eigenvalue weighted by Crippen LogP contribution is 2.49. The summed E-state index contributed by atoms with van der Waals surface area (Å²) in [6, 6.07) is 3.03. The highest BCUT2D eigenvalue weighted by Gasteiger charge is 2.41. The SMILES string of the molecule is O=[N+]([O-])c1cc(S(=O)(=O)NCCO)cc2c1-c1c(cc(S(=O)(=O)NCCO)cc1[N+](=O)[O-])C2=NO. The minimum atomic E-state index is -4.40. The first-order valence-corrected chi connectivity index (χ1v) is 12.4. The lowest BCUT2D eigenvalue weighted by molar-refractivity contribution is -0.386. The third-order valence-corrected chi connectivity index (χ3v) is 7.75. The largest absolute Gasteiger partial charge is 0.410 e. The molecule has 0 heterocycles. The predicted molar refractivity (Wildman–Crippen MR) is 117 cm³/mol. The highest BCUT2D eigenvalue weighted by atomic mass is 32.2. The van der Waals surface area contributed by atoms with Crippen molar-refractivity contribution in [2.45, 2.75) is 9.79 Å². The Morgan fingerprint density at radius 2 is 1.14 bits per heavy atom. The molecule has 0 bridgehead atoms. The minimum Gasteiger partial charge on any atom is -0.410 e. The molecule has 5 N–H and O–H groups in total. The van der Waals surface area contributed by atoms with E-state index in [1.54, 1.807) is 0 Å². The summed E-state index contributed by atoms with van der Waals surface area (Å²) < 4.78 is 54.1. The van der Waals surface area contributed by atoms with E-state index in [1.807, 2.05) is 9.44 Å².